The molecule has 86 valence electrons. The van der Waals surface area contributed by atoms with Crippen molar-refractivity contribution in [2.45, 2.75) is 6.54 Å². The van der Waals surface area contributed by atoms with E-state index in [0.717, 1.165) is 5.56 Å². The predicted octanol–water partition coefficient (Wildman–Crippen LogP) is 1.67. The van der Waals surface area contributed by atoms with Crippen molar-refractivity contribution in [2.24, 2.45) is 5.73 Å². The predicted molar refractivity (Wildman–Crippen MR) is 67.8 cm³/mol. The van der Waals surface area contributed by atoms with Gasteiger partial charge in [-0.3, -0.25) is 10.8 Å². The van der Waals surface area contributed by atoms with E-state index in [1.807, 2.05) is 24.3 Å². The number of benzene rings is 1. The van der Waals surface area contributed by atoms with Gasteiger partial charge in [0.1, 0.15) is 0 Å². The van der Waals surface area contributed by atoms with E-state index in [9.17, 15) is 0 Å². The van der Waals surface area contributed by atoms with Crippen LogP contribution >= 0.6 is 36.4 Å². The first-order valence-corrected chi connectivity index (χ1v) is 4.13. The SMILES string of the molecule is Cl.Cl.N=C(N)NNCc1cccc(Cl)c1. The number of hydrogen-bond donors (Lipinski definition) is 4. The second kappa shape index (κ2) is 8.61. The molecule has 15 heavy (non-hydrogen) atoms. The van der Waals surface area contributed by atoms with Gasteiger partial charge in [-0.2, -0.15) is 0 Å². The summed E-state index contributed by atoms with van der Waals surface area (Å²) in [6, 6.07) is 7.45. The number of nitrogens with two attached hydrogens (primary N) is 1. The van der Waals surface area contributed by atoms with Crippen LogP contribution in [0.4, 0.5) is 0 Å². The average molecular weight is 272 g/mol. The third kappa shape index (κ3) is 7.27. The van der Waals surface area contributed by atoms with Crippen molar-refractivity contribution in [3.05, 3.63) is 34.9 Å². The highest BCUT2D eigenvalue weighted by Crippen LogP contribution is 2.09. The number of hydrazine groups is 1. The highest BCUT2D eigenvalue weighted by Gasteiger charge is 1.93. The quantitative estimate of drug-likeness (QED) is 0.384. The second-order valence-corrected chi connectivity index (χ2v) is 2.96. The maximum Gasteiger partial charge on any atom is 0.200 e. The Kier molecular flexibility index (Phi) is 9.61. The molecular formula is C8H13Cl3N4. The van der Waals surface area contributed by atoms with E-state index in [1.54, 1.807) is 0 Å². The van der Waals surface area contributed by atoms with Gasteiger partial charge in [-0.15, -0.1) is 24.8 Å². The largest absolute Gasteiger partial charge is 0.369 e. The first-order chi connectivity index (χ1) is 6.18. The summed E-state index contributed by atoms with van der Waals surface area (Å²) in [7, 11) is 0. The summed E-state index contributed by atoms with van der Waals surface area (Å²) >= 11 is 5.77. The third-order valence-electron chi connectivity index (χ3n) is 1.40. The maximum atomic E-state index is 6.88. The summed E-state index contributed by atoms with van der Waals surface area (Å²) in [5.74, 6) is -0.109. The lowest BCUT2D eigenvalue weighted by atomic mass is 10.2. The Morgan fingerprint density at radius 2 is 2.07 bits per heavy atom. The minimum absolute atomic E-state index is 0. The van der Waals surface area contributed by atoms with Crippen LogP contribution in [-0.2, 0) is 6.54 Å². The van der Waals surface area contributed by atoms with Gasteiger partial charge in [0, 0.05) is 11.6 Å². The van der Waals surface area contributed by atoms with Gasteiger partial charge in [-0.05, 0) is 17.7 Å². The van der Waals surface area contributed by atoms with Crippen molar-refractivity contribution in [1.82, 2.24) is 10.9 Å². The molecule has 7 heteroatoms. The molecule has 0 amide bonds. The molecule has 0 fully saturated rings. The lowest BCUT2D eigenvalue weighted by Gasteiger charge is -2.05. The Morgan fingerprint density at radius 3 is 2.60 bits per heavy atom. The highest BCUT2D eigenvalue weighted by molar-refractivity contribution is 6.30. The van der Waals surface area contributed by atoms with Crippen LogP contribution in [0.15, 0.2) is 24.3 Å². The van der Waals surface area contributed by atoms with Gasteiger partial charge in [-0.1, -0.05) is 23.7 Å². The average Bonchev–Trinajstić information content (AvgIpc) is 2.03. The van der Waals surface area contributed by atoms with Gasteiger partial charge in [0.15, 0.2) is 5.96 Å². The standard InChI is InChI=1S/C8H11ClN4.2ClH/c9-7-3-1-2-6(4-7)5-12-13-8(10)11;;/h1-4,12H,5H2,(H4,10,11,13);2*1H. The fourth-order valence-corrected chi connectivity index (χ4v) is 1.10. The number of hydrogen-bond acceptors (Lipinski definition) is 2. The van der Waals surface area contributed by atoms with Crippen LogP contribution in [0.25, 0.3) is 0 Å². The Balaban J connectivity index is 0. The summed E-state index contributed by atoms with van der Waals surface area (Å²) in [6.45, 7) is 0.570. The zero-order valence-electron chi connectivity index (χ0n) is 7.79. The van der Waals surface area contributed by atoms with Gasteiger partial charge >= 0.3 is 0 Å². The molecule has 0 aromatic heterocycles. The van der Waals surface area contributed by atoms with Crippen LogP contribution in [0.5, 0.6) is 0 Å². The zero-order valence-corrected chi connectivity index (χ0v) is 10.2. The van der Waals surface area contributed by atoms with Gasteiger partial charge in [0.2, 0.25) is 0 Å². The van der Waals surface area contributed by atoms with Crippen LogP contribution in [0.2, 0.25) is 5.02 Å². The molecule has 0 bridgehead atoms. The Morgan fingerprint density at radius 1 is 1.40 bits per heavy atom. The molecule has 5 N–H and O–H groups in total. The van der Waals surface area contributed by atoms with E-state index in [4.69, 9.17) is 22.7 Å². The minimum atomic E-state index is -0.109. The summed E-state index contributed by atoms with van der Waals surface area (Å²) < 4.78 is 0. The summed E-state index contributed by atoms with van der Waals surface area (Å²) in [5, 5.41) is 7.58. The minimum Gasteiger partial charge on any atom is -0.369 e. The molecule has 0 saturated carbocycles. The van der Waals surface area contributed by atoms with Crippen molar-refractivity contribution < 1.29 is 0 Å². The van der Waals surface area contributed by atoms with Crippen molar-refractivity contribution in [1.29, 1.82) is 5.41 Å². The van der Waals surface area contributed by atoms with E-state index in [1.165, 1.54) is 0 Å². The Hall–Kier alpha value is -0.680. The number of halogens is 3. The van der Waals surface area contributed by atoms with E-state index in [-0.39, 0.29) is 30.8 Å². The van der Waals surface area contributed by atoms with Gasteiger partial charge in [0.05, 0.1) is 0 Å². The lowest BCUT2D eigenvalue weighted by molar-refractivity contribution is 0.647. The fourth-order valence-electron chi connectivity index (χ4n) is 0.888. The first kappa shape index (κ1) is 16.7. The third-order valence-corrected chi connectivity index (χ3v) is 1.64. The molecule has 0 atom stereocenters. The highest BCUT2D eigenvalue weighted by atomic mass is 35.5. The smallest absolute Gasteiger partial charge is 0.200 e. The van der Waals surface area contributed by atoms with Crippen LogP contribution in [0, 0.1) is 5.41 Å². The van der Waals surface area contributed by atoms with E-state index >= 15 is 0 Å². The van der Waals surface area contributed by atoms with Crippen LogP contribution < -0.4 is 16.6 Å². The molecule has 1 aromatic rings. The molecule has 0 heterocycles. The van der Waals surface area contributed by atoms with E-state index < -0.39 is 0 Å². The lowest BCUT2D eigenvalue weighted by Crippen LogP contribution is -2.41. The second-order valence-electron chi connectivity index (χ2n) is 2.52. The fraction of sp³-hybridized carbons (Fsp3) is 0.125. The molecule has 0 aliphatic rings. The topological polar surface area (TPSA) is 73.9 Å². The van der Waals surface area contributed by atoms with Crippen molar-refractivity contribution in [2.75, 3.05) is 0 Å². The summed E-state index contributed by atoms with van der Waals surface area (Å²) in [5.41, 5.74) is 11.4. The van der Waals surface area contributed by atoms with Crippen molar-refractivity contribution in [3.8, 4) is 0 Å². The number of guanidine groups is 1. The van der Waals surface area contributed by atoms with E-state index in [0.29, 0.717) is 11.6 Å². The van der Waals surface area contributed by atoms with Gasteiger partial charge in [-0.25, -0.2) is 5.43 Å². The monoisotopic (exact) mass is 270 g/mol. The summed E-state index contributed by atoms with van der Waals surface area (Å²) in [4.78, 5) is 0. The number of nitrogens with one attached hydrogen (secondary N) is 3. The van der Waals surface area contributed by atoms with Crippen LogP contribution in [0.3, 0.4) is 0 Å². The Bertz CT molecular complexity index is 306. The van der Waals surface area contributed by atoms with Gasteiger partial charge in [0.25, 0.3) is 0 Å². The molecular weight excluding hydrogens is 258 g/mol. The number of rotatable bonds is 3. The molecule has 0 radical (unpaired) electrons. The molecule has 4 nitrogen and oxygen atoms in total. The van der Waals surface area contributed by atoms with Crippen LogP contribution in [-0.4, -0.2) is 5.96 Å². The van der Waals surface area contributed by atoms with Crippen molar-refractivity contribution >= 4 is 42.4 Å². The van der Waals surface area contributed by atoms with Crippen LogP contribution in [0.1, 0.15) is 5.56 Å². The first-order valence-electron chi connectivity index (χ1n) is 3.76. The maximum absolute atomic E-state index is 6.88. The molecule has 0 aliphatic carbocycles. The molecule has 1 rings (SSSR count). The normalized spacial score (nSPS) is 8.33. The van der Waals surface area contributed by atoms with Gasteiger partial charge < -0.3 is 5.73 Å². The molecule has 1 aromatic carbocycles. The van der Waals surface area contributed by atoms with E-state index in [2.05, 4.69) is 10.9 Å². The molecule has 0 aliphatic heterocycles. The Labute approximate surface area is 106 Å². The molecule has 0 saturated heterocycles. The zero-order chi connectivity index (χ0) is 9.68. The summed E-state index contributed by atoms with van der Waals surface area (Å²) in [6.07, 6.45) is 0. The van der Waals surface area contributed by atoms with Crippen molar-refractivity contribution in [3.63, 3.8) is 0 Å². The molecule has 0 unspecified atom stereocenters. The molecule has 0 spiro atoms.